The molecule has 0 radical (unpaired) electrons. The molecule has 1 rings (SSSR count). The zero-order valence-electron chi connectivity index (χ0n) is 10.3. The number of hydrogen-bond acceptors (Lipinski definition) is 3. The number of ether oxygens (including phenoxy) is 1. The molecular weight excluding hydrogens is 206 g/mol. The second-order valence-corrected chi connectivity index (χ2v) is 5.99. The van der Waals surface area contributed by atoms with Crippen LogP contribution in [0.3, 0.4) is 0 Å². The third-order valence-corrected chi connectivity index (χ3v) is 2.88. The summed E-state index contributed by atoms with van der Waals surface area (Å²) in [5, 5.41) is 0. The molecule has 0 bridgehead atoms. The zero-order valence-corrected chi connectivity index (χ0v) is 11.2. The van der Waals surface area contributed by atoms with E-state index in [0.29, 0.717) is 0 Å². The van der Waals surface area contributed by atoms with E-state index < -0.39 is 0 Å². The lowest BCUT2D eigenvalue weighted by Gasteiger charge is -2.47. The molecule has 0 N–H and O–H groups in total. The van der Waals surface area contributed by atoms with Gasteiger partial charge in [0.25, 0.3) is 0 Å². The molecule has 1 aliphatic rings. The van der Waals surface area contributed by atoms with Crippen molar-refractivity contribution in [3.63, 3.8) is 0 Å². The standard InChI is InChI=1S/C12H23NOS/c1-10(7-15)6-13-8-11(2,3)14-12(4,5)9-13/h15H,1,6-9H2,2-5H3. The second kappa shape index (κ2) is 4.48. The quantitative estimate of drug-likeness (QED) is 0.589. The van der Waals surface area contributed by atoms with Crippen LogP contribution in [0.5, 0.6) is 0 Å². The van der Waals surface area contributed by atoms with Crippen molar-refractivity contribution in [1.82, 2.24) is 4.90 Å². The van der Waals surface area contributed by atoms with Crippen LogP contribution in [-0.2, 0) is 4.74 Å². The molecule has 0 aliphatic carbocycles. The molecule has 88 valence electrons. The molecule has 0 unspecified atom stereocenters. The molecule has 2 nitrogen and oxygen atoms in total. The van der Waals surface area contributed by atoms with E-state index in [1.807, 2.05) is 0 Å². The van der Waals surface area contributed by atoms with Crippen molar-refractivity contribution in [1.29, 1.82) is 0 Å². The van der Waals surface area contributed by atoms with Gasteiger partial charge in [0.15, 0.2) is 0 Å². The van der Waals surface area contributed by atoms with E-state index >= 15 is 0 Å². The van der Waals surface area contributed by atoms with Crippen LogP contribution in [0.2, 0.25) is 0 Å². The van der Waals surface area contributed by atoms with Gasteiger partial charge in [0.2, 0.25) is 0 Å². The Morgan fingerprint density at radius 3 is 2.13 bits per heavy atom. The van der Waals surface area contributed by atoms with E-state index in [1.54, 1.807) is 0 Å². The van der Waals surface area contributed by atoms with Crippen LogP contribution in [0.4, 0.5) is 0 Å². The number of thiol groups is 1. The highest BCUT2D eigenvalue weighted by Crippen LogP contribution is 2.28. The van der Waals surface area contributed by atoms with Crippen LogP contribution < -0.4 is 0 Å². The average molecular weight is 229 g/mol. The Bertz CT molecular complexity index is 232. The zero-order chi connectivity index (χ0) is 11.7. The van der Waals surface area contributed by atoms with Gasteiger partial charge < -0.3 is 4.74 Å². The SMILES string of the molecule is C=C(CS)CN1CC(C)(C)OC(C)(C)C1. The van der Waals surface area contributed by atoms with Crippen LogP contribution in [0.25, 0.3) is 0 Å². The number of morpholine rings is 1. The monoisotopic (exact) mass is 229 g/mol. The van der Waals surface area contributed by atoms with Gasteiger partial charge in [-0.3, -0.25) is 4.90 Å². The Labute approximate surface area is 99.1 Å². The van der Waals surface area contributed by atoms with Gasteiger partial charge in [-0.25, -0.2) is 0 Å². The molecule has 1 heterocycles. The van der Waals surface area contributed by atoms with Crippen molar-refractivity contribution in [3.05, 3.63) is 12.2 Å². The number of rotatable bonds is 3. The molecular formula is C12H23NOS. The third-order valence-electron chi connectivity index (χ3n) is 2.43. The van der Waals surface area contributed by atoms with Crippen LogP contribution in [-0.4, -0.2) is 41.5 Å². The summed E-state index contributed by atoms with van der Waals surface area (Å²) in [6.45, 7) is 15.4. The van der Waals surface area contributed by atoms with E-state index in [4.69, 9.17) is 4.74 Å². The molecule has 0 atom stereocenters. The third kappa shape index (κ3) is 4.17. The summed E-state index contributed by atoms with van der Waals surface area (Å²) in [7, 11) is 0. The molecule has 1 saturated heterocycles. The van der Waals surface area contributed by atoms with Gasteiger partial charge in [-0.1, -0.05) is 12.2 Å². The second-order valence-electron chi connectivity index (χ2n) is 5.67. The Kier molecular flexibility index (Phi) is 3.90. The molecule has 0 aromatic rings. The predicted molar refractivity (Wildman–Crippen MR) is 68.7 cm³/mol. The lowest BCUT2D eigenvalue weighted by Crippen LogP contribution is -2.57. The highest BCUT2D eigenvalue weighted by molar-refractivity contribution is 7.80. The average Bonchev–Trinajstić information content (AvgIpc) is 1.97. The van der Waals surface area contributed by atoms with E-state index in [0.717, 1.165) is 25.4 Å². The van der Waals surface area contributed by atoms with Crippen LogP contribution >= 0.6 is 12.6 Å². The van der Waals surface area contributed by atoms with Crippen molar-refractivity contribution in [2.24, 2.45) is 0 Å². The normalized spacial score (nSPS) is 25.1. The van der Waals surface area contributed by atoms with Crippen molar-refractivity contribution in [2.45, 2.75) is 38.9 Å². The summed E-state index contributed by atoms with van der Waals surface area (Å²) < 4.78 is 6.02. The molecule has 1 aliphatic heterocycles. The first-order chi connectivity index (χ1) is 6.74. The van der Waals surface area contributed by atoms with Gasteiger partial charge in [0.05, 0.1) is 11.2 Å². The molecule has 0 aromatic carbocycles. The summed E-state index contributed by atoms with van der Waals surface area (Å²) in [5.74, 6) is 0.762. The highest BCUT2D eigenvalue weighted by Gasteiger charge is 2.37. The summed E-state index contributed by atoms with van der Waals surface area (Å²) in [6, 6.07) is 0. The van der Waals surface area contributed by atoms with Crippen molar-refractivity contribution < 1.29 is 4.74 Å². The molecule has 3 heteroatoms. The molecule has 0 amide bonds. The van der Waals surface area contributed by atoms with E-state index in [1.165, 1.54) is 5.57 Å². The largest absolute Gasteiger partial charge is 0.367 e. The molecule has 1 fully saturated rings. The van der Waals surface area contributed by atoms with Crippen molar-refractivity contribution >= 4 is 12.6 Å². The summed E-state index contributed by atoms with van der Waals surface area (Å²) in [6.07, 6.45) is 0. The minimum Gasteiger partial charge on any atom is -0.367 e. The molecule has 0 saturated carbocycles. The van der Waals surface area contributed by atoms with E-state index in [9.17, 15) is 0 Å². The first kappa shape index (κ1) is 13.1. The lowest BCUT2D eigenvalue weighted by atomic mass is 9.98. The Hall–Kier alpha value is 0.01000. The van der Waals surface area contributed by atoms with Gasteiger partial charge in [0, 0.05) is 25.4 Å². The Morgan fingerprint density at radius 1 is 1.27 bits per heavy atom. The van der Waals surface area contributed by atoms with Gasteiger partial charge in [0.1, 0.15) is 0 Å². The van der Waals surface area contributed by atoms with Gasteiger partial charge in [-0.05, 0) is 27.7 Å². The molecule has 15 heavy (non-hydrogen) atoms. The number of nitrogens with zero attached hydrogens (tertiary/aromatic N) is 1. The smallest absolute Gasteiger partial charge is 0.0760 e. The van der Waals surface area contributed by atoms with E-state index in [-0.39, 0.29) is 11.2 Å². The van der Waals surface area contributed by atoms with Crippen molar-refractivity contribution in [3.8, 4) is 0 Å². The lowest BCUT2D eigenvalue weighted by molar-refractivity contribution is -0.178. The van der Waals surface area contributed by atoms with Gasteiger partial charge >= 0.3 is 0 Å². The predicted octanol–water partition coefficient (Wildman–Crippen LogP) is 2.36. The summed E-state index contributed by atoms with van der Waals surface area (Å²) in [4.78, 5) is 2.40. The maximum atomic E-state index is 6.02. The maximum Gasteiger partial charge on any atom is 0.0760 e. The van der Waals surface area contributed by atoms with E-state index in [2.05, 4.69) is 51.8 Å². The Morgan fingerprint density at radius 2 is 1.73 bits per heavy atom. The molecule has 0 aromatic heterocycles. The first-order valence-corrected chi connectivity index (χ1v) is 6.07. The topological polar surface area (TPSA) is 12.5 Å². The minimum atomic E-state index is -0.0708. The first-order valence-electron chi connectivity index (χ1n) is 5.44. The molecule has 0 spiro atoms. The van der Waals surface area contributed by atoms with Crippen molar-refractivity contribution in [2.75, 3.05) is 25.4 Å². The summed E-state index contributed by atoms with van der Waals surface area (Å²) in [5.41, 5.74) is 1.03. The highest BCUT2D eigenvalue weighted by atomic mass is 32.1. The fourth-order valence-electron chi connectivity index (χ4n) is 2.42. The Balaban J connectivity index is 2.63. The summed E-state index contributed by atoms with van der Waals surface area (Å²) >= 11 is 4.24. The van der Waals surface area contributed by atoms with Crippen LogP contribution in [0, 0.1) is 0 Å². The maximum absolute atomic E-state index is 6.02. The van der Waals surface area contributed by atoms with Gasteiger partial charge in [-0.2, -0.15) is 12.6 Å². The van der Waals surface area contributed by atoms with Crippen LogP contribution in [0.15, 0.2) is 12.2 Å². The van der Waals surface area contributed by atoms with Gasteiger partial charge in [-0.15, -0.1) is 0 Å². The minimum absolute atomic E-state index is 0.0708. The number of hydrogen-bond donors (Lipinski definition) is 1. The fourth-order valence-corrected chi connectivity index (χ4v) is 2.52. The fraction of sp³-hybridized carbons (Fsp3) is 0.833. The van der Waals surface area contributed by atoms with Crippen LogP contribution in [0.1, 0.15) is 27.7 Å².